The van der Waals surface area contributed by atoms with Crippen molar-refractivity contribution in [2.45, 2.75) is 11.9 Å². The lowest BCUT2D eigenvalue weighted by Crippen LogP contribution is -2.57. The quantitative estimate of drug-likeness (QED) is 0.169. The molecule has 0 aromatic heterocycles. The maximum Gasteiger partial charge on any atom is 0.436 e. The normalized spacial score (nSPS) is 19.0. The number of benzene rings is 7. The zero-order valence-electron chi connectivity index (χ0n) is 34.8. The zero-order chi connectivity index (χ0) is 41.1. The summed E-state index contributed by atoms with van der Waals surface area (Å²) in [5.74, 6) is 2.03. The van der Waals surface area contributed by atoms with Gasteiger partial charge >= 0.3 is 13.8 Å². The molecule has 2 unspecified atom stereocenters. The van der Waals surface area contributed by atoms with Crippen LogP contribution in [-0.2, 0) is 0 Å². The second-order valence-electron chi connectivity index (χ2n) is 14.3. The van der Waals surface area contributed by atoms with Crippen LogP contribution in [-0.4, -0.2) is 19.9 Å². The van der Waals surface area contributed by atoms with Crippen LogP contribution in [0.15, 0.2) is 188 Å². The average molecular weight is 727 g/mol. The molecule has 7 aromatic carbocycles. The minimum absolute atomic E-state index is 0.0347. The van der Waals surface area contributed by atoms with Crippen molar-refractivity contribution < 1.29 is 25.6 Å². The number of fused-ring (bicyclic) bond motifs is 6. The van der Waals surface area contributed by atoms with Gasteiger partial charge in [-0.1, -0.05) is 109 Å². The topological polar surface area (TPSA) is 43.4 Å². The van der Waals surface area contributed by atoms with Crippen LogP contribution in [0.3, 0.4) is 0 Å². The van der Waals surface area contributed by atoms with Gasteiger partial charge in [0.25, 0.3) is 0 Å². The van der Waals surface area contributed by atoms with Crippen molar-refractivity contribution in [2.24, 2.45) is 0 Å². The average Bonchev–Trinajstić information content (AvgIpc) is 3.55. The summed E-state index contributed by atoms with van der Waals surface area (Å²) in [6.07, 6.45) is 5.51. The van der Waals surface area contributed by atoms with Crippen molar-refractivity contribution >= 4 is 58.7 Å². The molecule has 0 amide bonds. The second kappa shape index (κ2) is 12.2. The largest absolute Gasteiger partial charge is 0.553 e. The Labute approximate surface area is 332 Å². The van der Waals surface area contributed by atoms with Crippen molar-refractivity contribution in [3.63, 3.8) is 0 Å². The molecule has 0 saturated heterocycles. The molecule has 7 aromatic rings. The van der Waals surface area contributed by atoms with E-state index in [0.29, 0.717) is 33.9 Å². The first-order valence-corrected chi connectivity index (χ1v) is 18.7. The van der Waals surface area contributed by atoms with Gasteiger partial charge < -0.3 is 28.6 Å². The Bertz CT molecular complexity index is 3030. The predicted molar refractivity (Wildman–Crippen MR) is 225 cm³/mol. The fourth-order valence-corrected chi connectivity index (χ4v) is 8.93. The number of nitrogens with zero attached hydrogens (tertiary/aromatic N) is 2. The molecule has 0 bridgehead atoms. The van der Waals surface area contributed by atoms with E-state index < -0.39 is 38.1 Å². The summed E-state index contributed by atoms with van der Waals surface area (Å²) in [7, 11) is 0. The molecule has 12 rings (SSSR count). The SMILES string of the molecule is [2H]c1c([2H])c([2H])c(-c2c3c(cc4c2OC2C=CC=C5C2B4Oc2ccccc2N5c2ccccc2)B2Oc4ccccc4N(c4ccccc4)c4cccc(c42)O3)c([2H])c1[2H]. The minimum atomic E-state index is -0.767. The third-order valence-corrected chi connectivity index (χ3v) is 11.2. The maximum absolute atomic E-state index is 9.34. The Morgan fingerprint density at radius 2 is 1.23 bits per heavy atom. The Balaban J connectivity index is 1.16. The highest BCUT2D eigenvalue weighted by molar-refractivity contribution is 6.85. The van der Waals surface area contributed by atoms with Crippen molar-refractivity contribution in [1.82, 2.24) is 0 Å². The number of para-hydroxylation sites is 6. The van der Waals surface area contributed by atoms with Gasteiger partial charge in [0.1, 0.15) is 34.9 Å². The fourth-order valence-electron chi connectivity index (χ4n) is 8.93. The second-order valence-corrected chi connectivity index (χ2v) is 14.3. The molecular weight excluding hydrogens is 690 g/mol. The fraction of sp³-hybridized carbons (Fsp3) is 0.0417. The molecule has 0 fully saturated rings. The van der Waals surface area contributed by atoms with Gasteiger partial charge in [-0.15, -0.1) is 0 Å². The number of ether oxygens (including phenoxy) is 2. The van der Waals surface area contributed by atoms with E-state index in [9.17, 15) is 2.74 Å². The van der Waals surface area contributed by atoms with Crippen LogP contribution < -0.4 is 45.0 Å². The van der Waals surface area contributed by atoms with Gasteiger partial charge in [0, 0.05) is 39.1 Å². The van der Waals surface area contributed by atoms with Gasteiger partial charge in [-0.2, -0.15) is 0 Å². The van der Waals surface area contributed by atoms with Crippen LogP contribution in [0.5, 0.6) is 28.7 Å². The summed E-state index contributed by atoms with van der Waals surface area (Å²) in [5, 5.41) is 0. The van der Waals surface area contributed by atoms with E-state index in [0.717, 1.165) is 39.6 Å². The predicted octanol–water partition coefficient (Wildman–Crippen LogP) is 9.44. The van der Waals surface area contributed by atoms with Crippen molar-refractivity contribution in [3.05, 3.63) is 188 Å². The molecule has 4 heterocycles. The number of rotatable bonds is 3. The first-order valence-electron chi connectivity index (χ1n) is 21.2. The summed E-state index contributed by atoms with van der Waals surface area (Å²) < 4.78 is 73.4. The van der Waals surface area contributed by atoms with Crippen molar-refractivity contribution in [2.75, 3.05) is 9.80 Å². The van der Waals surface area contributed by atoms with Gasteiger partial charge in [-0.05, 0) is 78.4 Å². The number of hydrogen-bond donors (Lipinski definition) is 0. The minimum Gasteiger partial charge on any atom is -0.553 e. The van der Waals surface area contributed by atoms with Crippen molar-refractivity contribution in [1.29, 1.82) is 0 Å². The van der Waals surface area contributed by atoms with Gasteiger partial charge in [0.2, 0.25) is 0 Å². The molecule has 5 aliphatic rings. The van der Waals surface area contributed by atoms with E-state index in [1.165, 1.54) is 0 Å². The molecule has 0 spiro atoms. The first kappa shape index (κ1) is 26.7. The Morgan fingerprint density at radius 1 is 0.589 bits per heavy atom. The zero-order valence-corrected chi connectivity index (χ0v) is 29.8. The van der Waals surface area contributed by atoms with E-state index in [-0.39, 0.29) is 34.8 Å². The standard InChI is InChI=1S/C48H32B2N2O4/c1-4-16-31(17-5-1)44-47-34(49-45-38(24-14-28-42(45)53-47)51(32-18-6-2-7-19-32)36-22-10-12-26-40(36)55-49)30-35-48(44)54-43-29-15-25-39-46(43)50(35)56-41-27-13-11-23-37(41)52(39)33-20-8-3-9-21-33/h1-30,42,45H/i1D,4D,5D,16D,17D. The highest BCUT2D eigenvalue weighted by Gasteiger charge is 2.53. The van der Waals surface area contributed by atoms with Crippen LogP contribution in [0, 0.1) is 0 Å². The van der Waals surface area contributed by atoms with Crippen molar-refractivity contribution in [3.8, 4) is 39.9 Å². The molecular formula is C48H32B2N2O4. The molecule has 1 aliphatic carbocycles. The highest BCUT2D eigenvalue weighted by atomic mass is 16.5. The Kier molecular flexibility index (Phi) is 5.83. The third-order valence-electron chi connectivity index (χ3n) is 11.2. The molecule has 56 heavy (non-hydrogen) atoms. The summed E-state index contributed by atoms with van der Waals surface area (Å²) >= 11 is 0. The maximum atomic E-state index is 9.34. The summed E-state index contributed by atoms with van der Waals surface area (Å²) in [4.78, 5) is 4.38. The van der Waals surface area contributed by atoms with Gasteiger partial charge in [0.15, 0.2) is 0 Å². The lowest BCUT2D eigenvalue weighted by atomic mass is 9.44. The lowest BCUT2D eigenvalue weighted by Gasteiger charge is -2.41. The van der Waals surface area contributed by atoms with E-state index in [4.69, 9.17) is 22.9 Å². The smallest absolute Gasteiger partial charge is 0.436 e. The Hall–Kier alpha value is -7.05. The van der Waals surface area contributed by atoms with Crippen LogP contribution >= 0.6 is 0 Å². The van der Waals surface area contributed by atoms with Crippen LogP contribution in [0.4, 0.5) is 28.4 Å². The van der Waals surface area contributed by atoms with Crippen LogP contribution in [0.1, 0.15) is 6.85 Å². The van der Waals surface area contributed by atoms with E-state index in [2.05, 4.69) is 46.2 Å². The molecule has 0 N–H and O–H groups in total. The van der Waals surface area contributed by atoms with Gasteiger partial charge in [-0.3, -0.25) is 0 Å². The summed E-state index contributed by atoms with van der Waals surface area (Å²) in [6, 6.07) is 41.8. The van der Waals surface area contributed by atoms with Gasteiger partial charge in [-0.25, -0.2) is 0 Å². The summed E-state index contributed by atoms with van der Waals surface area (Å²) in [6.45, 7) is -1.43. The molecule has 6 nitrogen and oxygen atoms in total. The van der Waals surface area contributed by atoms with E-state index in [1.807, 2.05) is 115 Å². The third kappa shape index (κ3) is 4.59. The molecule has 2 atom stereocenters. The number of anilines is 5. The van der Waals surface area contributed by atoms with Crippen LogP contribution in [0.2, 0.25) is 5.82 Å². The molecule has 4 aliphatic heterocycles. The molecule has 0 radical (unpaired) electrons. The number of allylic oxidation sites excluding steroid dienone is 2. The van der Waals surface area contributed by atoms with E-state index >= 15 is 0 Å². The molecule has 8 heteroatoms. The van der Waals surface area contributed by atoms with Gasteiger partial charge in [0.05, 0.1) is 29.6 Å². The number of hydrogen-bond acceptors (Lipinski definition) is 6. The summed E-state index contributed by atoms with van der Waals surface area (Å²) in [5.41, 5.74) is 7.62. The molecule has 264 valence electrons. The first-order chi connectivity index (χ1) is 29.9. The Morgan fingerprint density at radius 3 is 2.00 bits per heavy atom. The van der Waals surface area contributed by atoms with Crippen LogP contribution in [0.25, 0.3) is 11.1 Å². The van der Waals surface area contributed by atoms with E-state index in [1.54, 1.807) is 0 Å². The monoisotopic (exact) mass is 727 g/mol. The molecule has 0 saturated carbocycles. The lowest BCUT2D eigenvalue weighted by molar-refractivity contribution is 0.237. The highest BCUT2D eigenvalue weighted by Crippen LogP contribution is 2.53.